The molecule has 1 fully saturated rings. The predicted octanol–water partition coefficient (Wildman–Crippen LogP) is 4.28. The first kappa shape index (κ1) is 17.9. The summed E-state index contributed by atoms with van der Waals surface area (Å²) < 4.78 is 13.8. The lowest BCUT2D eigenvalue weighted by molar-refractivity contribution is -0.125. The number of carbonyl (C=O) groups is 2. The lowest BCUT2D eigenvalue weighted by atomic mass is 9.92. The second-order valence-electron chi connectivity index (χ2n) is 7.37. The first-order valence-corrected chi connectivity index (χ1v) is 10.2. The number of benzene rings is 1. The van der Waals surface area contributed by atoms with Gasteiger partial charge in [-0.05, 0) is 55.0 Å². The lowest BCUT2D eigenvalue weighted by Gasteiger charge is -2.21. The van der Waals surface area contributed by atoms with Crippen LogP contribution in [0, 0.1) is 23.6 Å². The SMILES string of the molecule is O=CN(C(=O)[C@@H]1CC2C=CC1C2)c1nc2ccc(Nc3ccc(F)cn3)cc2s1. The smallest absolute Gasteiger partial charge is 0.239 e. The standard InChI is InChI=1S/C21H17FN4O2S/c22-14-3-6-19(23-10-14)24-15-4-5-17-18(9-15)29-21(25-17)26(11-27)20(28)16-8-12-1-2-13(16)7-12/h1-6,9-13,16H,7-8H2,(H,23,24)/t12?,13?,16-/m1/s1. The van der Waals surface area contributed by atoms with E-state index < -0.39 is 5.82 Å². The number of anilines is 3. The number of pyridine rings is 1. The summed E-state index contributed by atoms with van der Waals surface area (Å²) in [6.07, 6.45) is 7.77. The molecule has 0 aliphatic heterocycles. The summed E-state index contributed by atoms with van der Waals surface area (Å²) in [5, 5.41) is 3.48. The van der Waals surface area contributed by atoms with Gasteiger partial charge in [-0.25, -0.2) is 19.3 Å². The van der Waals surface area contributed by atoms with Crippen molar-refractivity contribution in [3.05, 3.63) is 54.5 Å². The molecule has 2 amide bonds. The predicted molar refractivity (Wildman–Crippen MR) is 109 cm³/mol. The minimum Gasteiger partial charge on any atom is -0.340 e. The second-order valence-corrected chi connectivity index (χ2v) is 8.38. The molecule has 3 aromatic rings. The van der Waals surface area contributed by atoms with Crippen LogP contribution in [0.1, 0.15) is 12.8 Å². The number of nitrogens with one attached hydrogen (secondary N) is 1. The van der Waals surface area contributed by atoms with E-state index in [1.165, 1.54) is 17.4 Å². The van der Waals surface area contributed by atoms with Gasteiger partial charge >= 0.3 is 0 Å². The van der Waals surface area contributed by atoms with E-state index in [1.54, 1.807) is 6.07 Å². The highest BCUT2D eigenvalue weighted by atomic mass is 32.1. The van der Waals surface area contributed by atoms with Crippen LogP contribution in [-0.2, 0) is 9.59 Å². The molecule has 2 aliphatic rings. The number of carbonyl (C=O) groups excluding carboxylic acids is 2. The summed E-state index contributed by atoms with van der Waals surface area (Å²) in [7, 11) is 0. The van der Waals surface area contributed by atoms with Gasteiger partial charge in [-0.1, -0.05) is 23.5 Å². The largest absolute Gasteiger partial charge is 0.340 e. The molecule has 5 rings (SSSR count). The van der Waals surface area contributed by atoms with E-state index in [1.807, 2.05) is 18.2 Å². The maximum absolute atomic E-state index is 13.0. The van der Waals surface area contributed by atoms with Crippen molar-refractivity contribution < 1.29 is 14.0 Å². The fourth-order valence-corrected chi connectivity index (χ4v) is 5.10. The van der Waals surface area contributed by atoms with E-state index in [0.29, 0.717) is 28.8 Å². The number of hydrogen-bond acceptors (Lipinski definition) is 6. The summed E-state index contributed by atoms with van der Waals surface area (Å²) in [6.45, 7) is 0. The summed E-state index contributed by atoms with van der Waals surface area (Å²) in [5.74, 6) is 0.468. The Morgan fingerprint density at radius 2 is 2.14 bits per heavy atom. The number of nitrogens with zero attached hydrogens (tertiary/aromatic N) is 3. The minimum atomic E-state index is -0.400. The molecule has 2 unspecified atom stereocenters. The number of imide groups is 1. The molecule has 2 aliphatic carbocycles. The molecule has 0 spiro atoms. The monoisotopic (exact) mass is 408 g/mol. The van der Waals surface area contributed by atoms with Gasteiger partial charge in [-0.3, -0.25) is 9.59 Å². The molecule has 2 heterocycles. The molecule has 1 saturated carbocycles. The van der Waals surface area contributed by atoms with E-state index in [9.17, 15) is 14.0 Å². The quantitative estimate of drug-likeness (QED) is 0.504. The van der Waals surface area contributed by atoms with Crippen molar-refractivity contribution >= 4 is 50.5 Å². The second kappa shape index (κ2) is 7.04. The molecule has 1 N–H and O–H groups in total. The van der Waals surface area contributed by atoms with Crippen molar-refractivity contribution in [1.29, 1.82) is 0 Å². The van der Waals surface area contributed by atoms with Crippen LogP contribution >= 0.6 is 11.3 Å². The molecule has 1 aromatic carbocycles. The Morgan fingerprint density at radius 1 is 1.24 bits per heavy atom. The highest BCUT2D eigenvalue weighted by molar-refractivity contribution is 7.22. The van der Waals surface area contributed by atoms with E-state index in [-0.39, 0.29) is 17.7 Å². The third-order valence-electron chi connectivity index (χ3n) is 5.52. The molecule has 2 bridgehead atoms. The number of thiazole rings is 1. The van der Waals surface area contributed by atoms with Crippen molar-refractivity contribution in [1.82, 2.24) is 9.97 Å². The Hall–Kier alpha value is -3.13. The Labute approximate surface area is 170 Å². The zero-order valence-electron chi connectivity index (χ0n) is 15.3. The van der Waals surface area contributed by atoms with Gasteiger partial charge in [0.1, 0.15) is 11.6 Å². The molecule has 6 nitrogen and oxygen atoms in total. The Balaban J connectivity index is 1.39. The fraction of sp³-hybridized carbons (Fsp3) is 0.238. The first-order valence-electron chi connectivity index (χ1n) is 9.36. The average Bonchev–Trinajstić information content (AvgIpc) is 3.45. The van der Waals surface area contributed by atoms with Gasteiger partial charge in [-0.2, -0.15) is 0 Å². The maximum atomic E-state index is 13.0. The Bertz CT molecular complexity index is 1130. The van der Waals surface area contributed by atoms with Gasteiger partial charge in [-0.15, -0.1) is 0 Å². The van der Waals surface area contributed by atoms with Crippen LogP contribution in [0.5, 0.6) is 0 Å². The van der Waals surface area contributed by atoms with Crippen molar-refractivity contribution in [3.8, 4) is 0 Å². The van der Waals surface area contributed by atoms with E-state index in [0.717, 1.165) is 34.3 Å². The Kier molecular flexibility index (Phi) is 4.35. The number of fused-ring (bicyclic) bond motifs is 3. The molecule has 146 valence electrons. The molecular weight excluding hydrogens is 391 g/mol. The van der Waals surface area contributed by atoms with Crippen molar-refractivity contribution in [2.24, 2.45) is 17.8 Å². The topological polar surface area (TPSA) is 75.2 Å². The van der Waals surface area contributed by atoms with Crippen LogP contribution < -0.4 is 10.2 Å². The zero-order valence-corrected chi connectivity index (χ0v) is 16.1. The van der Waals surface area contributed by atoms with Gasteiger partial charge in [0, 0.05) is 11.6 Å². The van der Waals surface area contributed by atoms with Gasteiger partial charge in [0.25, 0.3) is 0 Å². The molecule has 0 radical (unpaired) electrons. The first-order chi connectivity index (χ1) is 14.1. The average molecular weight is 408 g/mol. The van der Waals surface area contributed by atoms with E-state index >= 15 is 0 Å². The number of hydrogen-bond donors (Lipinski definition) is 1. The molecule has 0 saturated heterocycles. The van der Waals surface area contributed by atoms with Crippen LogP contribution in [0.25, 0.3) is 10.2 Å². The number of allylic oxidation sites excluding steroid dienone is 2. The van der Waals surface area contributed by atoms with Gasteiger partial charge in [0.15, 0.2) is 5.13 Å². The highest BCUT2D eigenvalue weighted by Crippen LogP contribution is 2.44. The summed E-state index contributed by atoms with van der Waals surface area (Å²) in [5.41, 5.74) is 1.46. The third-order valence-corrected chi connectivity index (χ3v) is 6.54. The zero-order chi connectivity index (χ0) is 20.0. The van der Waals surface area contributed by atoms with Crippen LogP contribution in [-0.4, -0.2) is 22.3 Å². The van der Waals surface area contributed by atoms with Crippen LogP contribution in [0.4, 0.5) is 21.0 Å². The maximum Gasteiger partial charge on any atom is 0.239 e. The molecule has 2 aromatic heterocycles. The van der Waals surface area contributed by atoms with Crippen molar-refractivity contribution in [2.45, 2.75) is 12.8 Å². The van der Waals surface area contributed by atoms with Crippen molar-refractivity contribution in [2.75, 3.05) is 10.2 Å². The highest BCUT2D eigenvalue weighted by Gasteiger charge is 2.42. The van der Waals surface area contributed by atoms with Gasteiger partial charge < -0.3 is 5.32 Å². The summed E-state index contributed by atoms with van der Waals surface area (Å²) in [6, 6.07) is 8.39. The van der Waals surface area contributed by atoms with Gasteiger partial charge in [0.2, 0.25) is 12.3 Å². The third kappa shape index (κ3) is 3.29. The van der Waals surface area contributed by atoms with Crippen LogP contribution in [0.2, 0.25) is 0 Å². The number of aromatic nitrogens is 2. The summed E-state index contributed by atoms with van der Waals surface area (Å²) in [4.78, 5) is 34.3. The van der Waals surface area contributed by atoms with Crippen LogP contribution in [0.15, 0.2) is 48.7 Å². The molecule has 3 atom stereocenters. The lowest BCUT2D eigenvalue weighted by Crippen LogP contribution is -2.36. The van der Waals surface area contributed by atoms with E-state index in [4.69, 9.17) is 0 Å². The number of rotatable bonds is 5. The van der Waals surface area contributed by atoms with E-state index in [2.05, 4.69) is 27.4 Å². The molecule has 29 heavy (non-hydrogen) atoms. The minimum absolute atomic E-state index is 0.149. The number of amides is 2. The fourth-order valence-electron chi connectivity index (χ4n) is 4.13. The van der Waals surface area contributed by atoms with Crippen LogP contribution in [0.3, 0.4) is 0 Å². The van der Waals surface area contributed by atoms with Gasteiger partial charge in [0.05, 0.1) is 16.4 Å². The number of halogens is 1. The normalized spacial score (nSPS) is 22.2. The molecule has 8 heteroatoms. The van der Waals surface area contributed by atoms with Crippen molar-refractivity contribution in [3.63, 3.8) is 0 Å². The molecular formula is C21H17FN4O2S. The summed E-state index contributed by atoms with van der Waals surface area (Å²) >= 11 is 1.29. The Morgan fingerprint density at radius 3 is 2.83 bits per heavy atom.